The van der Waals surface area contributed by atoms with Gasteiger partial charge in [0, 0.05) is 15.8 Å². The van der Waals surface area contributed by atoms with Gasteiger partial charge in [0.2, 0.25) is 11.7 Å². The highest BCUT2D eigenvalue weighted by Gasteiger charge is 2.13. The van der Waals surface area contributed by atoms with E-state index in [4.69, 9.17) is 20.6 Å². The molecule has 0 atom stereocenters. The predicted octanol–water partition coefficient (Wildman–Crippen LogP) is 2.41. The zero-order valence-electron chi connectivity index (χ0n) is 12.5. The standard InChI is InChI=1S/C15H16N4O3S/c1-21-14(20)9-5-10(23-7-9)4-2-3-8-6-22-13-11(8)12(16)18-15(17)19-13/h5-7H,2-4H2,1H3,(H4,16,17,18,19). The average Bonchev–Trinajstić information content (AvgIpc) is 3.14. The Hall–Kier alpha value is -2.61. The number of rotatable bonds is 5. The van der Waals surface area contributed by atoms with Crippen LogP contribution in [-0.2, 0) is 17.6 Å². The molecular formula is C15H16N4O3S. The molecule has 0 aliphatic heterocycles. The number of nitrogens with zero attached hydrogens (tertiary/aromatic N) is 2. The van der Waals surface area contributed by atoms with Crippen molar-refractivity contribution in [2.75, 3.05) is 18.6 Å². The van der Waals surface area contributed by atoms with Crippen LogP contribution < -0.4 is 11.5 Å². The fourth-order valence-corrected chi connectivity index (χ4v) is 3.32. The Morgan fingerprint density at radius 1 is 1.35 bits per heavy atom. The third-order valence-electron chi connectivity index (χ3n) is 3.50. The van der Waals surface area contributed by atoms with Crippen molar-refractivity contribution in [3.05, 3.63) is 33.7 Å². The normalized spacial score (nSPS) is 11.0. The van der Waals surface area contributed by atoms with Gasteiger partial charge in [-0.3, -0.25) is 0 Å². The van der Waals surface area contributed by atoms with Crippen LogP contribution in [0.1, 0.15) is 27.2 Å². The Labute approximate surface area is 136 Å². The monoisotopic (exact) mass is 332 g/mol. The van der Waals surface area contributed by atoms with Crippen LogP contribution in [0.4, 0.5) is 11.8 Å². The quantitative estimate of drug-likeness (QED) is 0.689. The molecule has 3 aromatic heterocycles. The molecule has 0 saturated heterocycles. The lowest BCUT2D eigenvalue weighted by Gasteiger charge is -2.00. The van der Waals surface area contributed by atoms with E-state index in [1.807, 2.05) is 11.4 Å². The summed E-state index contributed by atoms with van der Waals surface area (Å²) in [7, 11) is 1.38. The second-order valence-electron chi connectivity index (χ2n) is 5.05. The number of hydrogen-bond acceptors (Lipinski definition) is 8. The van der Waals surface area contributed by atoms with Crippen LogP contribution in [0.2, 0.25) is 0 Å². The van der Waals surface area contributed by atoms with Gasteiger partial charge in [-0.1, -0.05) is 0 Å². The van der Waals surface area contributed by atoms with Crippen LogP contribution >= 0.6 is 11.3 Å². The van der Waals surface area contributed by atoms with Crippen LogP contribution in [0, 0.1) is 0 Å². The van der Waals surface area contributed by atoms with Crippen molar-refractivity contribution in [1.29, 1.82) is 0 Å². The van der Waals surface area contributed by atoms with Gasteiger partial charge < -0.3 is 20.6 Å². The second-order valence-corrected chi connectivity index (χ2v) is 6.05. The number of ether oxygens (including phenoxy) is 1. The Kier molecular flexibility index (Phi) is 4.16. The molecule has 0 saturated carbocycles. The Morgan fingerprint density at radius 3 is 2.96 bits per heavy atom. The van der Waals surface area contributed by atoms with E-state index in [1.165, 1.54) is 7.11 Å². The number of carbonyl (C=O) groups excluding carboxylic acids is 1. The minimum absolute atomic E-state index is 0.102. The molecule has 23 heavy (non-hydrogen) atoms. The highest BCUT2D eigenvalue weighted by molar-refractivity contribution is 7.10. The number of nitrogen functional groups attached to an aromatic ring is 2. The molecule has 120 valence electrons. The van der Waals surface area contributed by atoms with Crippen LogP contribution in [0.3, 0.4) is 0 Å². The van der Waals surface area contributed by atoms with Gasteiger partial charge in [0.25, 0.3) is 0 Å². The number of nitrogens with two attached hydrogens (primary N) is 2. The van der Waals surface area contributed by atoms with Gasteiger partial charge in [0.1, 0.15) is 5.82 Å². The maximum atomic E-state index is 11.4. The van der Waals surface area contributed by atoms with Crippen LogP contribution in [0.5, 0.6) is 0 Å². The highest BCUT2D eigenvalue weighted by atomic mass is 32.1. The van der Waals surface area contributed by atoms with Gasteiger partial charge in [0.05, 0.1) is 24.3 Å². The molecule has 0 aliphatic carbocycles. The van der Waals surface area contributed by atoms with Crippen LogP contribution in [0.15, 0.2) is 22.1 Å². The van der Waals surface area contributed by atoms with E-state index in [-0.39, 0.29) is 11.9 Å². The highest BCUT2D eigenvalue weighted by Crippen LogP contribution is 2.26. The Balaban J connectivity index is 1.67. The summed E-state index contributed by atoms with van der Waals surface area (Å²) in [6, 6.07) is 1.86. The molecule has 0 fully saturated rings. The first-order valence-electron chi connectivity index (χ1n) is 7.03. The second kappa shape index (κ2) is 6.25. The lowest BCUT2D eigenvalue weighted by atomic mass is 10.1. The Morgan fingerprint density at radius 2 is 2.17 bits per heavy atom. The summed E-state index contributed by atoms with van der Waals surface area (Å²) in [6.45, 7) is 0. The third kappa shape index (κ3) is 3.11. The zero-order valence-corrected chi connectivity index (χ0v) is 13.4. The number of esters is 1. The number of thiophene rings is 1. The van der Waals surface area contributed by atoms with E-state index in [2.05, 4.69) is 9.97 Å². The molecule has 0 amide bonds. The van der Waals surface area contributed by atoms with Crippen molar-refractivity contribution < 1.29 is 13.9 Å². The maximum absolute atomic E-state index is 11.4. The van der Waals surface area contributed by atoms with Gasteiger partial charge in [0.15, 0.2) is 0 Å². The maximum Gasteiger partial charge on any atom is 0.338 e. The van der Waals surface area contributed by atoms with Crippen molar-refractivity contribution in [3.8, 4) is 0 Å². The molecule has 4 N–H and O–H groups in total. The number of hydrogen-bond donors (Lipinski definition) is 2. The summed E-state index contributed by atoms with van der Waals surface area (Å²) >= 11 is 1.55. The fourth-order valence-electron chi connectivity index (χ4n) is 2.42. The van der Waals surface area contributed by atoms with Crippen molar-refractivity contribution >= 4 is 40.2 Å². The number of fused-ring (bicyclic) bond motifs is 1. The minimum atomic E-state index is -0.309. The zero-order chi connectivity index (χ0) is 16.4. The molecule has 3 rings (SSSR count). The van der Waals surface area contributed by atoms with E-state index < -0.39 is 0 Å². The summed E-state index contributed by atoms with van der Waals surface area (Å²) in [5.74, 6) is 0.126. The van der Waals surface area contributed by atoms with Gasteiger partial charge in [-0.05, 0) is 25.3 Å². The summed E-state index contributed by atoms with van der Waals surface area (Å²) < 4.78 is 10.1. The average molecular weight is 332 g/mol. The lowest BCUT2D eigenvalue weighted by Crippen LogP contribution is -2.00. The molecule has 0 aliphatic rings. The molecule has 7 nitrogen and oxygen atoms in total. The first-order valence-corrected chi connectivity index (χ1v) is 7.91. The summed E-state index contributed by atoms with van der Waals surface area (Å²) in [4.78, 5) is 20.6. The lowest BCUT2D eigenvalue weighted by molar-refractivity contribution is 0.0601. The molecule has 0 bridgehead atoms. The fraction of sp³-hybridized carbons (Fsp3) is 0.267. The van der Waals surface area contributed by atoms with Gasteiger partial charge in [-0.15, -0.1) is 11.3 Å². The number of furan rings is 1. The first kappa shape index (κ1) is 15.3. The third-order valence-corrected chi connectivity index (χ3v) is 4.50. The van der Waals surface area contributed by atoms with Crippen molar-refractivity contribution in [1.82, 2.24) is 9.97 Å². The molecule has 8 heteroatoms. The Bertz CT molecular complexity index is 856. The minimum Gasteiger partial charge on any atom is -0.465 e. The van der Waals surface area contributed by atoms with Gasteiger partial charge in [-0.2, -0.15) is 9.97 Å². The number of methoxy groups -OCH3 is 1. The number of carbonyl (C=O) groups is 1. The molecule has 0 radical (unpaired) electrons. The van der Waals surface area contributed by atoms with Crippen LogP contribution in [0.25, 0.3) is 11.1 Å². The van der Waals surface area contributed by atoms with E-state index in [0.717, 1.165) is 35.1 Å². The molecule has 0 spiro atoms. The molecule has 3 heterocycles. The summed E-state index contributed by atoms with van der Waals surface area (Å²) in [5.41, 5.74) is 13.4. The van der Waals surface area contributed by atoms with Crippen molar-refractivity contribution in [3.63, 3.8) is 0 Å². The topological polar surface area (TPSA) is 117 Å². The van der Waals surface area contributed by atoms with Crippen molar-refractivity contribution in [2.45, 2.75) is 19.3 Å². The largest absolute Gasteiger partial charge is 0.465 e. The van der Waals surface area contributed by atoms with Gasteiger partial charge in [-0.25, -0.2) is 4.79 Å². The predicted molar refractivity (Wildman–Crippen MR) is 88.3 cm³/mol. The molecule has 3 aromatic rings. The summed E-state index contributed by atoms with van der Waals surface area (Å²) in [5, 5.41) is 2.53. The van der Waals surface area contributed by atoms with E-state index in [9.17, 15) is 4.79 Å². The van der Waals surface area contributed by atoms with Crippen LogP contribution in [-0.4, -0.2) is 23.0 Å². The number of aryl methyl sites for hydroxylation is 2. The number of anilines is 2. The number of aromatic nitrogens is 2. The SMILES string of the molecule is COC(=O)c1csc(CCCc2coc3nc(N)nc(N)c23)c1. The van der Waals surface area contributed by atoms with E-state index in [1.54, 1.807) is 17.6 Å². The van der Waals surface area contributed by atoms with E-state index in [0.29, 0.717) is 17.1 Å². The molecule has 0 unspecified atom stereocenters. The smallest absolute Gasteiger partial charge is 0.338 e. The molecule has 0 aromatic carbocycles. The van der Waals surface area contributed by atoms with Gasteiger partial charge >= 0.3 is 5.97 Å². The van der Waals surface area contributed by atoms with E-state index >= 15 is 0 Å². The molecular weight excluding hydrogens is 316 g/mol. The first-order chi connectivity index (χ1) is 11.1. The summed E-state index contributed by atoms with van der Waals surface area (Å²) in [6.07, 6.45) is 4.16. The van der Waals surface area contributed by atoms with Crippen molar-refractivity contribution in [2.24, 2.45) is 0 Å².